The minimum atomic E-state index is -0.259. The number of rotatable bonds is 7. The van der Waals surface area contributed by atoms with E-state index in [1.54, 1.807) is 11.9 Å². The maximum Gasteiger partial charge on any atom is 0.238 e. The van der Waals surface area contributed by atoms with Crippen LogP contribution in [0.1, 0.15) is 35.4 Å². The van der Waals surface area contributed by atoms with Gasteiger partial charge in [-0.25, -0.2) is 0 Å². The molecule has 6 heteroatoms. The van der Waals surface area contributed by atoms with Crippen molar-refractivity contribution in [1.82, 2.24) is 10.2 Å². The molecule has 2 aromatic carbocycles. The van der Waals surface area contributed by atoms with Crippen molar-refractivity contribution in [3.05, 3.63) is 64.9 Å². The van der Waals surface area contributed by atoms with Crippen molar-refractivity contribution in [2.75, 3.05) is 25.5 Å². The lowest BCUT2D eigenvalue weighted by molar-refractivity contribution is -0.123. The van der Waals surface area contributed by atoms with Crippen LogP contribution < -0.4 is 10.6 Å². The van der Waals surface area contributed by atoms with Gasteiger partial charge in [0.1, 0.15) is 11.3 Å². The Hall–Kier alpha value is -3.12. The van der Waals surface area contributed by atoms with Gasteiger partial charge in [-0.05, 0) is 58.0 Å². The third kappa shape index (κ3) is 5.27. The van der Waals surface area contributed by atoms with Gasteiger partial charge in [-0.1, -0.05) is 35.9 Å². The molecule has 30 heavy (non-hydrogen) atoms. The van der Waals surface area contributed by atoms with Gasteiger partial charge in [0.2, 0.25) is 11.8 Å². The third-order valence-electron chi connectivity index (χ3n) is 5.02. The van der Waals surface area contributed by atoms with Crippen molar-refractivity contribution in [2.45, 2.75) is 33.7 Å². The molecule has 3 aromatic rings. The summed E-state index contributed by atoms with van der Waals surface area (Å²) in [4.78, 5) is 26.5. The van der Waals surface area contributed by atoms with E-state index >= 15 is 0 Å². The zero-order valence-corrected chi connectivity index (χ0v) is 18.2. The lowest BCUT2D eigenvalue weighted by Gasteiger charge is -2.19. The number of likely N-dealkylation sites (N-methyl/N-ethyl adjacent to an activating group) is 1. The summed E-state index contributed by atoms with van der Waals surface area (Å²) in [6.07, 6.45) is 0. The molecule has 1 heterocycles. The first-order valence-corrected chi connectivity index (χ1v) is 10.1. The second-order valence-corrected chi connectivity index (χ2v) is 7.97. The predicted octanol–water partition coefficient (Wildman–Crippen LogP) is 4.11. The molecule has 0 unspecified atom stereocenters. The van der Waals surface area contributed by atoms with E-state index in [1.807, 2.05) is 70.2 Å². The largest absolute Gasteiger partial charge is 0.459 e. The van der Waals surface area contributed by atoms with Crippen molar-refractivity contribution in [1.29, 1.82) is 0 Å². The average molecular weight is 408 g/mol. The van der Waals surface area contributed by atoms with Crippen LogP contribution >= 0.6 is 0 Å². The first-order chi connectivity index (χ1) is 14.2. The fraction of sp³-hybridized carbons (Fsp3) is 0.333. The molecule has 3 rings (SSSR count). The summed E-state index contributed by atoms with van der Waals surface area (Å²) in [5.41, 5.74) is 4.85. The molecule has 0 radical (unpaired) electrons. The van der Waals surface area contributed by atoms with Crippen molar-refractivity contribution in [3.8, 4) is 0 Å². The summed E-state index contributed by atoms with van der Waals surface area (Å²) in [6, 6.07) is 13.5. The highest BCUT2D eigenvalue weighted by Gasteiger charge is 2.17. The Balaban J connectivity index is 1.52. The SMILES string of the molecule is Cc1cc(C)c(NC(=O)CN(C)CC(=O)N[C@@H](C)c2cc3ccccc3o2)c(C)c1. The average Bonchev–Trinajstić information content (AvgIpc) is 3.08. The van der Waals surface area contributed by atoms with Gasteiger partial charge in [-0.3, -0.25) is 14.5 Å². The highest BCUT2D eigenvalue weighted by atomic mass is 16.3. The van der Waals surface area contributed by atoms with Crippen LogP contribution in [-0.2, 0) is 9.59 Å². The predicted molar refractivity (Wildman–Crippen MR) is 120 cm³/mol. The Bertz CT molecular complexity index is 1010. The highest BCUT2D eigenvalue weighted by molar-refractivity contribution is 5.94. The number of carbonyl (C=O) groups is 2. The summed E-state index contributed by atoms with van der Waals surface area (Å²) in [5, 5.41) is 6.90. The molecule has 0 aliphatic heterocycles. The quantitative estimate of drug-likeness (QED) is 0.618. The Labute approximate surface area is 177 Å². The van der Waals surface area contributed by atoms with Gasteiger partial charge < -0.3 is 15.1 Å². The number of furan rings is 1. The van der Waals surface area contributed by atoms with Crippen molar-refractivity contribution >= 4 is 28.5 Å². The second kappa shape index (κ2) is 9.13. The smallest absolute Gasteiger partial charge is 0.238 e. The molecular formula is C24H29N3O3. The fourth-order valence-electron chi connectivity index (χ4n) is 3.68. The maximum absolute atomic E-state index is 12.4. The minimum Gasteiger partial charge on any atom is -0.459 e. The molecule has 0 bridgehead atoms. The molecule has 0 saturated heterocycles. The Morgan fingerprint density at radius 3 is 2.30 bits per heavy atom. The summed E-state index contributed by atoms with van der Waals surface area (Å²) < 4.78 is 5.80. The van der Waals surface area contributed by atoms with Crippen molar-refractivity contribution < 1.29 is 14.0 Å². The molecule has 6 nitrogen and oxygen atoms in total. The number of anilines is 1. The molecule has 0 aliphatic carbocycles. The number of aryl methyl sites for hydroxylation is 3. The first-order valence-electron chi connectivity index (χ1n) is 10.1. The van der Waals surface area contributed by atoms with Crippen molar-refractivity contribution in [3.63, 3.8) is 0 Å². The summed E-state index contributed by atoms with van der Waals surface area (Å²) in [6.45, 7) is 8.11. The van der Waals surface area contributed by atoms with E-state index in [9.17, 15) is 9.59 Å². The number of amides is 2. The van der Waals surface area contributed by atoms with Crippen LogP contribution in [0.15, 0.2) is 46.9 Å². The number of benzene rings is 2. The number of nitrogens with zero attached hydrogens (tertiary/aromatic N) is 1. The van der Waals surface area contributed by atoms with Crippen LogP contribution in [-0.4, -0.2) is 36.9 Å². The van der Waals surface area contributed by atoms with Crippen molar-refractivity contribution in [2.24, 2.45) is 0 Å². The third-order valence-corrected chi connectivity index (χ3v) is 5.02. The van der Waals surface area contributed by atoms with Gasteiger partial charge in [-0.2, -0.15) is 0 Å². The van der Waals surface area contributed by atoms with Gasteiger partial charge >= 0.3 is 0 Å². The maximum atomic E-state index is 12.4. The number of para-hydroxylation sites is 1. The van der Waals surface area contributed by atoms with Crippen LogP contribution in [0.5, 0.6) is 0 Å². The van der Waals surface area contributed by atoms with E-state index in [2.05, 4.69) is 10.6 Å². The van der Waals surface area contributed by atoms with Gasteiger partial charge in [0, 0.05) is 11.1 Å². The van der Waals surface area contributed by atoms with Crippen LogP contribution in [0.4, 0.5) is 5.69 Å². The molecule has 0 aliphatic rings. The van der Waals surface area contributed by atoms with E-state index in [4.69, 9.17) is 4.42 Å². The van der Waals surface area contributed by atoms with E-state index in [0.717, 1.165) is 33.3 Å². The summed E-state index contributed by atoms with van der Waals surface area (Å²) in [5.74, 6) is 0.391. The Morgan fingerprint density at radius 1 is 1.00 bits per heavy atom. The Kier molecular flexibility index (Phi) is 6.57. The molecule has 2 N–H and O–H groups in total. The lowest BCUT2D eigenvalue weighted by Crippen LogP contribution is -2.39. The van der Waals surface area contributed by atoms with E-state index in [0.29, 0.717) is 5.76 Å². The number of carbonyl (C=O) groups excluding carboxylic acids is 2. The number of hydrogen-bond acceptors (Lipinski definition) is 4. The van der Waals surface area contributed by atoms with Gasteiger partial charge in [0.15, 0.2) is 0 Å². The fourth-order valence-corrected chi connectivity index (χ4v) is 3.68. The highest BCUT2D eigenvalue weighted by Crippen LogP contribution is 2.24. The van der Waals surface area contributed by atoms with E-state index in [1.165, 1.54) is 0 Å². The zero-order chi connectivity index (χ0) is 21.8. The van der Waals surface area contributed by atoms with Crippen LogP contribution in [0, 0.1) is 20.8 Å². The topological polar surface area (TPSA) is 74.6 Å². The zero-order valence-electron chi connectivity index (χ0n) is 18.2. The van der Waals surface area contributed by atoms with Crippen LogP contribution in [0.2, 0.25) is 0 Å². The normalized spacial score (nSPS) is 12.2. The minimum absolute atomic E-state index is 0.115. The van der Waals surface area contributed by atoms with Crippen LogP contribution in [0.25, 0.3) is 11.0 Å². The van der Waals surface area contributed by atoms with Gasteiger partial charge in [0.25, 0.3) is 0 Å². The standard InChI is InChI=1S/C24H29N3O3/c1-15-10-16(2)24(17(3)11-15)26-23(29)14-27(5)13-22(28)25-18(4)21-12-19-8-6-7-9-20(19)30-21/h6-12,18H,13-14H2,1-5H3,(H,25,28)(H,26,29)/t18-/m0/s1. The number of fused-ring (bicyclic) bond motifs is 1. The number of hydrogen-bond donors (Lipinski definition) is 2. The molecule has 0 fully saturated rings. The first kappa shape index (κ1) is 21.6. The Morgan fingerprint density at radius 2 is 1.63 bits per heavy atom. The second-order valence-electron chi connectivity index (χ2n) is 7.97. The summed E-state index contributed by atoms with van der Waals surface area (Å²) >= 11 is 0. The monoisotopic (exact) mass is 407 g/mol. The molecule has 0 saturated carbocycles. The summed E-state index contributed by atoms with van der Waals surface area (Å²) in [7, 11) is 1.75. The molecule has 158 valence electrons. The molecule has 0 spiro atoms. The van der Waals surface area contributed by atoms with Crippen LogP contribution in [0.3, 0.4) is 0 Å². The molecule has 1 aromatic heterocycles. The molecule has 2 amide bonds. The lowest BCUT2D eigenvalue weighted by atomic mass is 10.1. The van der Waals surface area contributed by atoms with E-state index < -0.39 is 0 Å². The molecular weight excluding hydrogens is 378 g/mol. The molecule has 1 atom stereocenters. The number of nitrogens with one attached hydrogen (secondary N) is 2. The van der Waals surface area contributed by atoms with Gasteiger partial charge in [0.05, 0.1) is 19.1 Å². The van der Waals surface area contributed by atoms with E-state index in [-0.39, 0.29) is 30.9 Å². The van der Waals surface area contributed by atoms with Gasteiger partial charge in [-0.15, -0.1) is 0 Å².